The minimum atomic E-state index is -0.845. The number of hydrogen-bond acceptors (Lipinski definition) is 6. The molecule has 1 saturated heterocycles. The third-order valence-electron chi connectivity index (χ3n) is 6.99. The lowest BCUT2D eigenvalue weighted by Crippen LogP contribution is -2.29. The number of anilines is 1. The summed E-state index contributed by atoms with van der Waals surface area (Å²) in [6.07, 6.45) is 4.92. The number of carbonyl (C=O) groups is 2. The predicted octanol–water partition coefficient (Wildman–Crippen LogP) is 5.61. The van der Waals surface area contributed by atoms with E-state index in [1.54, 1.807) is 60.9 Å². The molecular formula is C32H26N2O5. The van der Waals surface area contributed by atoms with E-state index in [-0.39, 0.29) is 11.3 Å². The summed E-state index contributed by atoms with van der Waals surface area (Å²) in [6.45, 7) is 1.06. The van der Waals surface area contributed by atoms with Crippen molar-refractivity contribution in [2.75, 3.05) is 11.5 Å². The summed E-state index contributed by atoms with van der Waals surface area (Å²) < 4.78 is 11.6. The molecule has 0 radical (unpaired) electrons. The van der Waals surface area contributed by atoms with Gasteiger partial charge in [0.1, 0.15) is 23.9 Å². The van der Waals surface area contributed by atoms with Crippen LogP contribution >= 0.6 is 0 Å². The van der Waals surface area contributed by atoms with Crippen molar-refractivity contribution in [2.24, 2.45) is 0 Å². The second-order valence-electron chi connectivity index (χ2n) is 9.50. The van der Waals surface area contributed by atoms with Gasteiger partial charge in [-0.1, -0.05) is 36.4 Å². The molecule has 39 heavy (non-hydrogen) atoms. The number of aliphatic hydroxyl groups is 1. The van der Waals surface area contributed by atoms with E-state index in [0.717, 1.165) is 29.7 Å². The van der Waals surface area contributed by atoms with Crippen LogP contribution in [0.15, 0.2) is 103 Å². The minimum absolute atomic E-state index is 0.0223. The summed E-state index contributed by atoms with van der Waals surface area (Å²) in [5.41, 5.74) is 3.62. The normalized spacial score (nSPS) is 17.9. The lowest BCUT2D eigenvalue weighted by molar-refractivity contribution is -0.132. The van der Waals surface area contributed by atoms with Crippen molar-refractivity contribution in [1.82, 2.24) is 4.98 Å². The van der Waals surface area contributed by atoms with Crippen LogP contribution in [0.5, 0.6) is 11.5 Å². The molecule has 1 amide bonds. The second kappa shape index (κ2) is 10.5. The van der Waals surface area contributed by atoms with Gasteiger partial charge in [-0.3, -0.25) is 19.5 Å². The number of nitrogens with zero attached hydrogens (tertiary/aromatic N) is 2. The fourth-order valence-corrected chi connectivity index (χ4v) is 5.06. The summed E-state index contributed by atoms with van der Waals surface area (Å²) in [5.74, 6) is -0.282. The van der Waals surface area contributed by atoms with E-state index < -0.39 is 17.7 Å². The maximum absolute atomic E-state index is 13.4. The van der Waals surface area contributed by atoms with Gasteiger partial charge in [-0.05, 0) is 78.1 Å². The fraction of sp³-hybridized carbons (Fsp3) is 0.156. The van der Waals surface area contributed by atoms with Gasteiger partial charge in [0.05, 0.1) is 18.2 Å². The van der Waals surface area contributed by atoms with Crippen LogP contribution in [0.1, 0.15) is 34.7 Å². The van der Waals surface area contributed by atoms with Gasteiger partial charge in [-0.15, -0.1) is 0 Å². The first-order valence-electron chi connectivity index (χ1n) is 12.8. The topological polar surface area (TPSA) is 89.0 Å². The Bertz CT molecular complexity index is 1550. The monoisotopic (exact) mass is 518 g/mol. The number of ketones is 1. The van der Waals surface area contributed by atoms with Gasteiger partial charge < -0.3 is 14.6 Å². The Hall–Kier alpha value is -4.91. The van der Waals surface area contributed by atoms with Crippen LogP contribution in [0.25, 0.3) is 5.76 Å². The van der Waals surface area contributed by atoms with Gasteiger partial charge in [-0.25, -0.2) is 0 Å². The maximum Gasteiger partial charge on any atom is 0.300 e. The highest BCUT2D eigenvalue weighted by molar-refractivity contribution is 6.51. The van der Waals surface area contributed by atoms with Gasteiger partial charge in [-0.2, -0.15) is 0 Å². The SMILES string of the molecule is O=C1C(=O)N(c2ccc(OCc3ccccc3)cc2)C(c2cccnc2)/C1=C(/O)c1ccc2c(c1)CCCO2. The Balaban J connectivity index is 1.36. The summed E-state index contributed by atoms with van der Waals surface area (Å²) in [7, 11) is 0. The molecule has 1 N–H and O–H groups in total. The Morgan fingerprint density at radius 3 is 2.59 bits per heavy atom. The average molecular weight is 519 g/mol. The molecule has 1 atom stereocenters. The summed E-state index contributed by atoms with van der Waals surface area (Å²) in [5, 5.41) is 11.4. The molecule has 0 aliphatic carbocycles. The summed E-state index contributed by atoms with van der Waals surface area (Å²) in [4.78, 5) is 32.5. The standard InChI is InChI=1S/C32H26N2O5/c35-30(23-10-15-27-22(18-23)9-5-17-38-27)28-29(24-8-4-16-33-19-24)34(32(37)31(28)36)25-11-13-26(14-12-25)39-20-21-6-2-1-3-7-21/h1-4,6-8,10-16,18-19,29,35H,5,9,17,20H2/b30-28-. The number of pyridine rings is 1. The molecular weight excluding hydrogens is 492 g/mol. The number of fused-ring (bicyclic) bond motifs is 1. The van der Waals surface area contributed by atoms with Crippen molar-refractivity contribution >= 4 is 23.1 Å². The average Bonchev–Trinajstić information content (AvgIpc) is 3.26. The number of aliphatic hydroxyl groups excluding tert-OH is 1. The molecule has 3 heterocycles. The van der Waals surface area contributed by atoms with Crippen LogP contribution < -0.4 is 14.4 Å². The quantitative estimate of drug-likeness (QED) is 0.203. The highest BCUT2D eigenvalue weighted by atomic mass is 16.5. The van der Waals surface area contributed by atoms with E-state index in [1.165, 1.54) is 4.90 Å². The zero-order valence-electron chi connectivity index (χ0n) is 21.1. The molecule has 194 valence electrons. The Morgan fingerprint density at radius 2 is 1.82 bits per heavy atom. The van der Waals surface area contributed by atoms with Gasteiger partial charge >= 0.3 is 0 Å². The number of ether oxygens (including phenoxy) is 2. The van der Waals surface area contributed by atoms with Crippen molar-refractivity contribution in [3.63, 3.8) is 0 Å². The van der Waals surface area contributed by atoms with E-state index in [1.807, 2.05) is 36.4 Å². The van der Waals surface area contributed by atoms with E-state index in [2.05, 4.69) is 4.98 Å². The second-order valence-corrected chi connectivity index (χ2v) is 9.50. The molecule has 2 aliphatic heterocycles. The molecule has 1 unspecified atom stereocenters. The predicted molar refractivity (Wildman–Crippen MR) is 146 cm³/mol. The molecule has 6 rings (SSSR count). The lowest BCUT2D eigenvalue weighted by Gasteiger charge is -2.25. The van der Waals surface area contributed by atoms with Crippen LogP contribution in [0.2, 0.25) is 0 Å². The lowest BCUT2D eigenvalue weighted by atomic mass is 9.94. The first kappa shape index (κ1) is 24.4. The van der Waals surface area contributed by atoms with Gasteiger partial charge in [0.25, 0.3) is 11.7 Å². The number of aryl methyl sites for hydroxylation is 1. The number of Topliss-reactive ketones (excluding diaryl/α,β-unsaturated/α-hetero) is 1. The fourth-order valence-electron chi connectivity index (χ4n) is 5.06. The van der Waals surface area contributed by atoms with Crippen LogP contribution in [-0.4, -0.2) is 28.4 Å². The van der Waals surface area contributed by atoms with Crippen molar-refractivity contribution in [3.05, 3.63) is 125 Å². The zero-order chi connectivity index (χ0) is 26.8. The van der Waals surface area contributed by atoms with E-state index >= 15 is 0 Å². The zero-order valence-corrected chi connectivity index (χ0v) is 21.1. The minimum Gasteiger partial charge on any atom is -0.507 e. The number of hydrogen-bond donors (Lipinski definition) is 1. The molecule has 0 saturated carbocycles. The van der Waals surface area contributed by atoms with E-state index in [9.17, 15) is 14.7 Å². The van der Waals surface area contributed by atoms with Gasteiger partial charge in [0, 0.05) is 23.6 Å². The first-order valence-corrected chi connectivity index (χ1v) is 12.8. The molecule has 3 aromatic carbocycles. The van der Waals surface area contributed by atoms with Crippen molar-refractivity contribution < 1.29 is 24.2 Å². The molecule has 7 nitrogen and oxygen atoms in total. The number of rotatable bonds is 6. The number of amides is 1. The number of benzene rings is 3. The van der Waals surface area contributed by atoms with Crippen LogP contribution in [-0.2, 0) is 22.6 Å². The van der Waals surface area contributed by atoms with Gasteiger partial charge in [0.2, 0.25) is 0 Å². The van der Waals surface area contributed by atoms with Crippen LogP contribution in [0, 0.1) is 0 Å². The highest BCUT2D eigenvalue weighted by Gasteiger charge is 2.47. The third kappa shape index (κ3) is 4.75. The third-order valence-corrected chi connectivity index (χ3v) is 6.99. The Kier molecular flexibility index (Phi) is 6.55. The van der Waals surface area contributed by atoms with Crippen molar-refractivity contribution in [3.8, 4) is 11.5 Å². The number of aromatic nitrogens is 1. The van der Waals surface area contributed by atoms with Crippen LogP contribution in [0.3, 0.4) is 0 Å². The first-order chi connectivity index (χ1) is 19.1. The molecule has 0 bridgehead atoms. The van der Waals surface area contributed by atoms with E-state index in [0.29, 0.717) is 35.8 Å². The molecule has 2 aliphatic rings. The highest BCUT2D eigenvalue weighted by Crippen LogP contribution is 2.42. The Labute approximate surface area is 226 Å². The summed E-state index contributed by atoms with van der Waals surface area (Å²) >= 11 is 0. The smallest absolute Gasteiger partial charge is 0.300 e. The van der Waals surface area contributed by atoms with E-state index in [4.69, 9.17) is 9.47 Å². The van der Waals surface area contributed by atoms with Crippen molar-refractivity contribution in [1.29, 1.82) is 0 Å². The maximum atomic E-state index is 13.4. The Morgan fingerprint density at radius 1 is 1.00 bits per heavy atom. The van der Waals surface area contributed by atoms with Crippen LogP contribution in [0.4, 0.5) is 5.69 Å². The molecule has 1 fully saturated rings. The number of carbonyl (C=O) groups excluding carboxylic acids is 2. The molecule has 4 aromatic rings. The molecule has 1 aromatic heterocycles. The van der Waals surface area contributed by atoms with Crippen molar-refractivity contribution in [2.45, 2.75) is 25.5 Å². The molecule has 7 heteroatoms. The largest absolute Gasteiger partial charge is 0.507 e. The molecule has 0 spiro atoms. The summed E-state index contributed by atoms with van der Waals surface area (Å²) in [6, 6.07) is 24.9. The van der Waals surface area contributed by atoms with Gasteiger partial charge in [0.15, 0.2) is 0 Å².